The van der Waals surface area contributed by atoms with E-state index < -0.39 is 147 Å². The highest BCUT2D eigenvalue weighted by Crippen LogP contribution is 2.68. The predicted octanol–water partition coefficient (Wildman–Crippen LogP) is -4.32. The van der Waals surface area contributed by atoms with Gasteiger partial charge < -0.3 is 85.8 Å². The summed E-state index contributed by atoms with van der Waals surface area (Å²) < 4.78 is 107. The van der Waals surface area contributed by atoms with Gasteiger partial charge in [0.15, 0.2) is 41.4 Å². The Kier molecular flexibility index (Phi) is 17.4. The van der Waals surface area contributed by atoms with Gasteiger partial charge in [-0.05, 0) is 14.1 Å². The molecule has 3 saturated heterocycles. The number of phosphoric acid groups is 3. The third kappa shape index (κ3) is 12.6. The predicted molar refractivity (Wildman–Crippen MR) is 272 cm³/mol. The Morgan fingerprint density at radius 3 is 2.05 bits per heavy atom. The van der Waals surface area contributed by atoms with E-state index >= 15 is 0 Å². The number of aliphatic hydroxyl groups excluding tert-OH is 3. The van der Waals surface area contributed by atoms with Gasteiger partial charge >= 0.3 is 36.7 Å². The molecule has 40 nitrogen and oxygen atoms in total. The average Bonchev–Trinajstić information content (AvgIpc) is 3.26. The number of aromatic nitrogens is 12. The number of aromatic amines is 2. The summed E-state index contributed by atoms with van der Waals surface area (Å²) >= 11 is 0. The summed E-state index contributed by atoms with van der Waals surface area (Å²) in [5.74, 6) is -2.60. The van der Waals surface area contributed by atoms with E-state index in [1.165, 1.54) is 27.1 Å². The number of nitrogens with one attached hydrogen (secondary N) is 3. The Morgan fingerprint density at radius 2 is 1.38 bits per heavy atom. The highest BCUT2D eigenvalue weighted by Gasteiger charge is 2.58. The van der Waals surface area contributed by atoms with E-state index in [2.05, 4.69) is 53.8 Å². The van der Waals surface area contributed by atoms with Crippen molar-refractivity contribution >= 4 is 88.2 Å². The van der Waals surface area contributed by atoms with Crippen LogP contribution in [0.4, 0.5) is 17.7 Å². The van der Waals surface area contributed by atoms with Crippen LogP contribution < -0.4 is 38.2 Å². The molecule has 0 bridgehead atoms. The molecule has 3 fully saturated rings. The number of methoxy groups -OCH3 is 1. The molecule has 1 amide bonds. The molecule has 9 heterocycles. The van der Waals surface area contributed by atoms with Gasteiger partial charge in [0.05, 0.1) is 45.6 Å². The van der Waals surface area contributed by atoms with Crippen LogP contribution in [0.2, 0.25) is 0 Å². The van der Waals surface area contributed by atoms with Gasteiger partial charge in [-0.15, -0.1) is 0 Å². The minimum atomic E-state index is -6.27. The van der Waals surface area contributed by atoms with Crippen molar-refractivity contribution in [3.63, 3.8) is 0 Å². The number of aryl methyl sites for hydroxylation is 1. The Morgan fingerprint density at radius 1 is 0.768 bits per heavy atom. The highest BCUT2D eigenvalue weighted by atomic mass is 31.3. The van der Waals surface area contributed by atoms with Crippen LogP contribution in [0.1, 0.15) is 25.1 Å². The number of fused-ring (bicyclic) bond motifs is 3. The Bertz CT molecular complexity index is 3690. The molecule has 9 rings (SSSR count). The molecule has 16 N–H and O–H groups in total. The van der Waals surface area contributed by atoms with Crippen LogP contribution in [0.15, 0.2) is 34.9 Å². The van der Waals surface area contributed by atoms with Crippen LogP contribution in [0, 0.1) is 5.92 Å². The molecule has 3 aliphatic heterocycles. The van der Waals surface area contributed by atoms with Crippen LogP contribution in [-0.2, 0) is 71.2 Å². The molecular weight excluding hydrogens is 1190 g/mol. The number of anilines is 3. The van der Waals surface area contributed by atoms with Crippen LogP contribution >= 0.6 is 31.1 Å². The molecular formula is C38H56N17O23P4+. The smallest absolute Gasteiger partial charge is 0.387 e. The molecule has 16 atom stereocenters. The molecule has 0 saturated carbocycles. The van der Waals surface area contributed by atoms with Crippen LogP contribution in [0.3, 0.4) is 0 Å². The number of carbonyl (C=O) groups is 1. The van der Waals surface area contributed by atoms with Gasteiger partial charge in [0.1, 0.15) is 54.1 Å². The van der Waals surface area contributed by atoms with E-state index in [1.54, 1.807) is 19.0 Å². The van der Waals surface area contributed by atoms with Crippen molar-refractivity contribution in [1.29, 1.82) is 0 Å². The molecule has 3 aliphatic rings. The molecule has 6 unspecified atom stereocenters. The minimum absolute atomic E-state index is 0.0111. The van der Waals surface area contributed by atoms with Gasteiger partial charge in [-0.25, -0.2) is 38.2 Å². The maximum absolute atomic E-state index is 14.5. The lowest BCUT2D eigenvalue weighted by atomic mass is 9.94. The van der Waals surface area contributed by atoms with Gasteiger partial charge in [-0.3, -0.25) is 51.7 Å². The van der Waals surface area contributed by atoms with Gasteiger partial charge in [-0.2, -0.15) is 13.6 Å². The Hall–Kier alpha value is -5.64. The number of hydrogen-bond donors (Lipinski definition) is 13. The normalized spacial score (nSPS) is 28.9. The molecule has 6 aromatic heterocycles. The second kappa shape index (κ2) is 23.4. The van der Waals surface area contributed by atoms with Gasteiger partial charge in [0.25, 0.3) is 17.1 Å². The fourth-order valence-corrected chi connectivity index (χ4v) is 14.8. The number of amides is 1. The van der Waals surface area contributed by atoms with Crippen molar-refractivity contribution in [2.75, 3.05) is 71.3 Å². The number of aliphatic hydroxyl groups is 3. The third-order valence-electron chi connectivity index (χ3n) is 13.2. The van der Waals surface area contributed by atoms with Crippen LogP contribution in [0.5, 0.6) is 0 Å². The van der Waals surface area contributed by atoms with E-state index in [4.69, 9.17) is 49.7 Å². The van der Waals surface area contributed by atoms with E-state index in [0.717, 1.165) is 30.7 Å². The second-order valence-electron chi connectivity index (χ2n) is 19.0. The second-order valence-corrected chi connectivity index (χ2v) is 25.6. The van der Waals surface area contributed by atoms with Gasteiger partial charge in [0, 0.05) is 32.5 Å². The summed E-state index contributed by atoms with van der Waals surface area (Å²) in [6.07, 6.45) is -12.4. The number of rotatable bonds is 23. The fourth-order valence-electron chi connectivity index (χ4n) is 9.53. The summed E-state index contributed by atoms with van der Waals surface area (Å²) in [7, 11) is -17.5. The number of carbonyl (C=O) groups excluding carboxylic acids is 1. The van der Waals surface area contributed by atoms with Crippen molar-refractivity contribution in [3.8, 4) is 0 Å². The maximum atomic E-state index is 14.5. The number of phosphoric ester groups is 2. The number of nitrogens with two attached hydrogens (primary N) is 3. The van der Waals surface area contributed by atoms with Crippen molar-refractivity contribution in [1.82, 2.24) is 63.8 Å². The molecule has 6 aromatic rings. The number of nitrogens with zero attached hydrogens (tertiary/aromatic N) is 11. The first-order valence-corrected chi connectivity index (χ1v) is 30.1. The van der Waals surface area contributed by atoms with Crippen LogP contribution in [-0.4, -0.2) is 202 Å². The highest BCUT2D eigenvalue weighted by molar-refractivity contribution is 7.66. The molecule has 0 aliphatic carbocycles. The quantitative estimate of drug-likeness (QED) is 0.0213. The first-order chi connectivity index (χ1) is 38.5. The zero-order valence-corrected chi connectivity index (χ0v) is 46.7. The monoisotopic (exact) mass is 1240 g/mol. The maximum Gasteiger partial charge on any atom is 0.490 e. The summed E-state index contributed by atoms with van der Waals surface area (Å²) in [6.45, 7) is -2.77. The lowest BCUT2D eigenvalue weighted by Crippen LogP contribution is -2.45. The number of H-pyrrole nitrogens is 2. The lowest BCUT2D eigenvalue weighted by molar-refractivity contribution is -0.745. The summed E-state index contributed by atoms with van der Waals surface area (Å²) in [6, 6.07) is 0. The Labute approximate surface area is 458 Å². The zero-order valence-electron chi connectivity index (χ0n) is 43.1. The molecule has 450 valence electrons. The Balaban J connectivity index is 0.894. The number of hydrogen-bond acceptors (Lipinski definition) is 29. The van der Waals surface area contributed by atoms with E-state index in [1.807, 2.05) is 0 Å². The van der Waals surface area contributed by atoms with E-state index in [9.17, 15) is 67.5 Å². The molecule has 0 radical (unpaired) electrons. The minimum Gasteiger partial charge on any atom is -0.387 e. The van der Waals surface area contributed by atoms with Gasteiger partial charge in [-0.1, -0.05) is 4.98 Å². The SMILES string of the molecule is CO[C@@H]1[C@H](P(=O)(O)OC[C@H]2O[C@@H](n3cnc4c(=O)[nH]c(N)nc43)[C@H](O)[C@@H]2O)[C@@H](COP(=O)(O)OP(=O)(O)OP(=O)(O)OC[C@H]2OC([n+]3cn(C)c4c(=O)[nH]c(N)nc43)[C@H](O)C2CC(=O)NCCN(C)C)O[C@H]1n1cnc2c(N)ncnc21. The number of ether oxygens (including phenoxy) is 4. The first kappa shape index (κ1) is 60.9. The third-order valence-corrected chi connectivity index (χ3v) is 19.4. The largest absolute Gasteiger partial charge is 0.490 e. The van der Waals surface area contributed by atoms with Crippen LogP contribution in [0.25, 0.3) is 33.5 Å². The zero-order chi connectivity index (χ0) is 59.5. The van der Waals surface area contributed by atoms with Crippen molar-refractivity contribution in [2.45, 2.75) is 73.5 Å². The summed E-state index contributed by atoms with van der Waals surface area (Å²) in [5.41, 5.74) is 13.6. The summed E-state index contributed by atoms with van der Waals surface area (Å²) in [4.78, 5) is 113. The van der Waals surface area contributed by atoms with E-state index in [-0.39, 0.29) is 57.8 Å². The number of likely N-dealkylation sites (N-methyl/N-ethyl adjacent to an activating group) is 1. The molecule has 44 heteroatoms. The van der Waals surface area contributed by atoms with E-state index in [0.29, 0.717) is 6.54 Å². The van der Waals surface area contributed by atoms with Crippen molar-refractivity contribution in [3.05, 3.63) is 46.0 Å². The standard InChI is InChI=1S/C38H55N17O23P4/c1-51(2)6-5-42-19(56)7-15-16(74-34(23(15)57)55-14-52(3)22-31(55)48-38(41)50-33(22)61)8-72-80(64,65)77-82(68,69)78-81(66,67)73-10-18-27(26(70-4)36(76-18)53-12-45-20-28(39)43-11-44-29(20)53)79(62,63)71-9-17-24(58)25(59)35(75-17)54-13-46-21-30(54)47-37(40)49-32(21)60/h11-18,23-27,34-36,57-59H,5-10H2,1-4H3,(H12-,39,40,41,42,43,44,47,48,49,50,56,60,61,62,63,64,65,66,67,68,69)/p+1/t15?,16-,17-,18-,23-,24-,25-,26-,27-,34?,35-,36-/m1/s1. The fraction of sp³-hybridized carbons (Fsp3) is 0.579. The summed E-state index contributed by atoms with van der Waals surface area (Å²) in [5, 5.41) is 36.3. The number of nitrogen functional groups attached to an aromatic ring is 3. The molecule has 82 heavy (non-hydrogen) atoms. The lowest BCUT2D eigenvalue weighted by Gasteiger charge is -2.28. The molecule has 0 spiro atoms. The van der Waals surface area contributed by atoms with Crippen molar-refractivity contribution < 1.29 is 104 Å². The van der Waals surface area contributed by atoms with Gasteiger partial charge in [0.2, 0.25) is 23.6 Å². The average molecular weight is 1240 g/mol. The molecule has 0 aromatic carbocycles. The topological polar surface area (TPSA) is 565 Å². The number of imidazole rings is 3. The first-order valence-electron chi connectivity index (χ1n) is 24.0. The van der Waals surface area contributed by atoms with Crippen molar-refractivity contribution in [2.24, 2.45) is 13.0 Å².